The van der Waals surface area contributed by atoms with E-state index in [4.69, 9.17) is 53.0 Å². The van der Waals surface area contributed by atoms with Crippen molar-refractivity contribution in [3.8, 4) is 24.2 Å². The van der Waals surface area contributed by atoms with Crippen LogP contribution in [0.3, 0.4) is 0 Å². The predicted molar refractivity (Wildman–Crippen MR) is 211 cm³/mol. The minimum absolute atomic E-state index is 0.302. The first-order chi connectivity index (χ1) is 21.1. The normalized spacial score (nSPS) is 23.3. The van der Waals surface area contributed by atoms with Crippen LogP contribution in [0, 0.1) is 36.0 Å². The summed E-state index contributed by atoms with van der Waals surface area (Å²) in [5.41, 5.74) is 6.27. The summed E-state index contributed by atoms with van der Waals surface area (Å²) in [7, 11) is 45.5. The van der Waals surface area contributed by atoms with Crippen LogP contribution in [0.5, 0.6) is 0 Å². The molecule has 0 N–H and O–H groups in total. The second kappa shape index (κ2) is 21.1. The van der Waals surface area contributed by atoms with Gasteiger partial charge in [0.05, 0.1) is 20.2 Å². The summed E-state index contributed by atoms with van der Waals surface area (Å²) in [4.78, 5) is 2.22. The molecule has 4 unspecified atom stereocenters. The highest BCUT2D eigenvalue weighted by atomic mass is 15.2. The Kier molecular flexibility index (Phi) is 20.3. The van der Waals surface area contributed by atoms with Gasteiger partial charge >= 0.3 is 0 Å². The van der Waals surface area contributed by atoms with E-state index in [1.54, 1.807) is 6.92 Å². The van der Waals surface area contributed by atoms with E-state index in [-0.39, 0.29) is 0 Å². The van der Waals surface area contributed by atoms with Crippen molar-refractivity contribution in [2.45, 2.75) is 107 Å². The maximum absolute atomic E-state index is 6.75. The van der Waals surface area contributed by atoms with E-state index in [2.05, 4.69) is 89.7 Å². The van der Waals surface area contributed by atoms with E-state index in [1.165, 1.54) is 27.1 Å². The van der Waals surface area contributed by atoms with Gasteiger partial charge < -0.3 is 4.90 Å². The molecule has 2 aliphatic heterocycles. The summed E-state index contributed by atoms with van der Waals surface area (Å²) in [6.45, 7) is 19.4. The highest BCUT2D eigenvalue weighted by Gasteiger charge is 2.35. The van der Waals surface area contributed by atoms with Gasteiger partial charge in [0.25, 0.3) is 0 Å². The maximum atomic E-state index is 6.75. The zero-order chi connectivity index (χ0) is 35.2. The Morgan fingerprint density at radius 3 is 1.87 bits per heavy atom. The monoisotopic (exact) mass is 583 g/mol. The molecular formula is C33H49B10N2+. The molecule has 0 amide bonds. The molecule has 12 heteroatoms. The van der Waals surface area contributed by atoms with E-state index in [1.807, 2.05) is 14.0 Å². The van der Waals surface area contributed by atoms with Crippen molar-refractivity contribution in [1.29, 1.82) is 0 Å². The van der Waals surface area contributed by atoms with Crippen LogP contribution < -0.4 is 0 Å². The Balaban J connectivity index is 0.00000298. The lowest BCUT2D eigenvalue weighted by Gasteiger charge is -2.29. The number of allylic oxidation sites excluding steroid dienone is 8. The lowest BCUT2D eigenvalue weighted by Crippen LogP contribution is -2.34. The Morgan fingerprint density at radius 2 is 1.53 bits per heavy atom. The summed E-state index contributed by atoms with van der Waals surface area (Å²) >= 11 is 0. The van der Waals surface area contributed by atoms with Crippen LogP contribution in [0.2, 0.25) is 0 Å². The van der Waals surface area contributed by atoms with Crippen LogP contribution in [0.25, 0.3) is 0 Å². The second-order valence-electron chi connectivity index (χ2n) is 12.3. The molecule has 2 rings (SSSR count). The third-order valence-electron chi connectivity index (χ3n) is 8.69. The summed E-state index contributed by atoms with van der Waals surface area (Å²) in [5, 5.41) is 0. The lowest BCUT2D eigenvalue weighted by molar-refractivity contribution is -0.530. The fourth-order valence-electron chi connectivity index (χ4n) is 5.61. The van der Waals surface area contributed by atoms with Gasteiger partial charge in [0, 0.05) is 88.0 Å². The topological polar surface area (TPSA) is 6.25 Å². The molecule has 0 aliphatic carbocycles. The van der Waals surface area contributed by atoms with Crippen molar-refractivity contribution < 1.29 is 4.58 Å². The smallest absolute Gasteiger partial charge is 0.169 e. The fourth-order valence-corrected chi connectivity index (χ4v) is 5.61. The summed E-state index contributed by atoms with van der Waals surface area (Å²) in [6.07, 6.45) is 10.3. The molecule has 4 atom stereocenters. The molecular weight excluding hydrogens is 532 g/mol. The molecule has 0 saturated carbocycles. The Morgan fingerprint density at radius 1 is 1.00 bits per heavy atom. The molecule has 220 valence electrons. The molecule has 2 heterocycles. The van der Waals surface area contributed by atoms with Gasteiger partial charge in [0.2, 0.25) is 0 Å². The van der Waals surface area contributed by atoms with Gasteiger partial charge in [0.15, 0.2) is 11.8 Å². The van der Waals surface area contributed by atoms with Gasteiger partial charge in [0.1, 0.15) is 14.9 Å². The van der Waals surface area contributed by atoms with Crippen LogP contribution in [-0.2, 0) is 0 Å². The predicted octanol–water partition coefficient (Wildman–Crippen LogP) is 3.73. The molecule has 45 heavy (non-hydrogen) atoms. The standard InChI is InChI=1S/C27H33B10N2.2C3H8/c1-10-12-21(27(37(33)35-30)23-14-16(4)19(7)39(23)9)26(36(31)32)20(11-2)25(34-29)17(5)24(28)22-13-15(3)18(6)38(22)8;2*1-3-2/h2,15-16,18-19H,13-14H2,1,3-9H3;2*3H2,1-2H3/q+1;;. The average Bonchev–Trinajstić information content (AvgIpc) is 3.40. The molecule has 0 aromatic heterocycles. The largest absolute Gasteiger partial charge is 0.375 e. The van der Waals surface area contributed by atoms with Crippen LogP contribution in [0.15, 0.2) is 44.3 Å². The van der Waals surface area contributed by atoms with E-state index < -0.39 is 13.0 Å². The van der Waals surface area contributed by atoms with Crippen molar-refractivity contribution in [2.24, 2.45) is 11.8 Å². The van der Waals surface area contributed by atoms with Gasteiger partial charge in [-0.2, -0.15) is 0 Å². The van der Waals surface area contributed by atoms with E-state index in [0.29, 0.717) is 51.5 Å². The Hall–Kier alpha value is -1.80. The number of rotatable bonds is 8. The Bertz CT molecular complexity index is 1260. The molecule has 0 bridgehead atoms. The van der Waals surface area contributed by atoms with Gasteiger partial charge in [-0.1, -0.05) is 88.2 Å². The number of nitrogens with zero attached hydrogens (tertiary/aromatic N) is 2. The van der Waals surface area contributed by atoms with Crippen molar-refractivity contribution in [3.05, 3.63) is 44.3 Å². The third kappa shape index (κ3) is 10.9. The molecule has 2 aliphatic rings. The van der Waals surface area contributed by atoms with Crippen LogP contribution in [0.4, 0.5) is 0 Å². The van der Waals surface area contributed by atoms with Gasteiger partial charge in [-0.05, 0) is 45.5 Å². The third-order valence-corrected chi connectivity index (χ3v) is 8.69. The van der Waals surface area contributed by atoms with Gasteiger partial charge in [-0.15, -0.1) is 12.3 Å². The zero-order valence-electron chi connectivity index (χ0n) is 30.4. The number of terminal acetylenes is 1. The van der Waals surface area contributed by atoms with Crippen molar-refractivity contribution in [3.63, 3.8) is 0 Å². The molecule has 0 aromatic carbocycles. The van der Waals surface area contributed by atoms with Crippen LogP contribution in [-0.4, -0.2) is 115 Å². The first kappa shape index (κ1) is 43.2. The second-order valence-corrected chi connectivity index (χ2v) is 12.3. The van der Waals surface area contributed by atoms with Crippen molar-refractivity contribution in [2.75, 3.05) is 14.1 Å². The SMILES string of the molecule is CCC.CCC.[B][B]B([B])C(/C(C#CC)=C(B([B])[B])/C(C#C)=C([B][B])/C(C)=C(\[B])C1=[N+](C)C(C)C(C)C1)=C1/CC(C)C(C)N1C. The van der Waals surface area contributed by atoms with Crippen LogP contribution >= 0.6 is 0 Å². The summed E-state index contributed by atoms with van der Waals surface area (Å²) in [6, 6.07) is 0.667. The summed E-state index contributed by atoms with van der Waals surface area (Å²) in [5.74, 6) is 9.92. The van der Waals surface area contributed by atoms with Gasteiger partial charge in [-0.25, -0.2) is 4.58 Å². The quantitative estimate of drug-likeness (QED) is 0.183. The average molecular weight is 582 g/mol. The zero-order valence-corrected chi connectivity index (χ0v) is 30.4. The maximum Gasteiger partial charge on any atom is 0.169 e. The highest BCUT2D eigenvalue weighted by Crippen LogP contribution is 2.37. The minimum atomic E-state index is -0.972. The number of likely N-dealkylation sites (tertiary alicyclic amines) is 1. The highest BCUT2D eigenvalue weighted by molar-refractivity contribution is 7.49. The van der Waals surface area contributed by atoms with Gasteiger partial charge in [-0.3, -0.25) is 0 Å². The molecule has 1 saturated heterocycles. The first-order valence-electron chi connectivity index (χ1n) is 16.4. The molecule has 0 aromatic rings. The molecule has 2 nitrogen and oxygen atoms in total. The van der Waals surface area contributed by atoms with E-state index >= 15 is 0 Å². The molecule has 14 radical (unpaired) electrons. The Labute approximate surface area is 289 Å². The molecule has 0 spiro atoms. The minimum Gasteiger partial charge on any atom is -0.375 e. The van der Waals surface area contributed by atoms with Crippen molar-refractivity contribution in [1.82, 2.24) is 4.90 Å². The number of hydrogen-bond donors (Lipinski definition) is 0. The summed E-state index contributed by atoms with van der Waals surface area (Å²) < 4.78 is 2.21. The fraction of sp³-hybridized carbons (Fsp3) is 0.606. The first-order valence-corrected chi connectivity index (χ1v) is 16.4. The van der Waals surface area contributed by atoms with E-state index in [0.717, 1.165) is 35.3 Å². The number of hydrogen-bond acceptors (Lipinski definition) is 1. The lowest BCUT2D eigenvalue weighted by atomic mass is 9.02. The van der Waals surface area contributed by atoms with E-state index in [9.17, 15) is 0 Å². The molecule has 1 fully saturated rings. The van der Waals surface area contributed by atoms with Crippen molar-refractivity contribution >= 4 is 79.5 Å². The van der Waals surface area contributed by atoms with Crippen LogP contribution in [0.1, 0.15) is 94.9 Å².